The summed E-state index contributed by atoms with van der Waals surface area (Å²) in [6.45, 7) is 4.36. The molecule has 1 fully saturated rings. The first-order chi connectivity index (χ1) is 9.67. The zero-order chi connectivity index (χ0) is 14.5. The number of carbonyl (C=O) groups is 1. The van der Waals surface area contributed by atoms with Crippen molar-refractivity contribution >= 4 is 18.3 Å². The third-order valence-corrected chi connectivity index (χ3v) is 3.61. The van der Waals surface area contributed by atoms with Gasteiger partial charge in [0.2, 0.25) is 0 Å². The highest BCUT2D eigenvalue weighted by molar-refractivity contribution is 5.95. The van der Waals surface area contributed by atoms with Gasteiger partial charge in [-0.2, -0.15) is 0 Å². The van der Waals surface area contributed by atoms with Gasteiger partial charge in [-0.05, 0) is 31.5 Å². The van der Waals surface area contributed by atoms with Gasteiger partial charge in [0.15, 0.2) is 0 Å². The lowest BCUT2D eigenvalue weighted by Gasteiger charge is -2.28. The van der Waals surface area contributed by atoms with Gasteiger partial charge in [-0.1, -0.05) is 6.92 Å². The van der Waals surface area contributed by atoms with Gasteiger partial charge in [-0.15, -0.1) is 12.4 Å². The van der Waals surface area contributed by atoms with Crippen LogP contribution in [0.3, 0.4) is 0 Å². The predicted octanol–water partition coefficient (Wildman–Crippen LogP) is 2.47. The third kappa shape index (κ3) is 4.08. The van der Waals surface area contributed by atoms with E-state index in [0.29, 0.717) is 12.3 Å². The van der Waals surface area contributed by atoms with Crippen LogP contribution >= 0.6 is 12.4 Å². The standard InChI is InChI=1S/C15H21FN2O2.ClH/c1-3-8-18(11-6-7-17-10-11)15(19)13-5-4-12(20-2)9-14(13)16;/h4-5,9,11,17H,3,6-8,10H2,1-2H3;1H. The molecule has 118 valence electrons. The van der Waals surface area contributed by atoms with Gasteiger partial charge in [0, 0.05) is 25.2 Å². The van der Waals surface area contributed by atoms with E-state index >= 15 is 0 Å². The second-order valence-electron chi connectivity index (χ2n) is 4.99. The van der Waals surface area contributed by atoms with Gasteiger partial charge in [0.1, 0.15) is 11.6 Å². The van der Waals surface area contributed by atoms with Crippen LogP contribution in [-0.4, -0.2) is 43.6 Å². The minimum absolute atomic E-state index is 0. The predicted molar refractivity (Wildman–Crippen MR) is 82.8 cm³/mol. The maximum Gasteiger partial charge on any atom is 0.257 e. The molecule has 1 N–H and O–H groups in total. The van der Waals surface area contributed by atoms with E-state index in [0.717, 1.165) is 25.9 Å². The van der Waals surface area contributed by atoms with Gasteiger partial charge in [-0.3, -0.25) is 4.79 Å². The van der Waals surface area contributed by atoms with Crippen LogP contribution in [0.15, 0.2) is 18.2 Å². The lowest BCUT2D eigenvalue weighted by Crippen LogP contribution is -2.42. The van der Waals surface area contributed by atoms with E-state index in [2.05, 4.69) is 5.32 Å². The first-order valence-electron chi connectivity index (χ1n) is 7.02. The molecule has 0 radical (unpaired) electrons. The highest BCUT2D eigenvalue weighted by Crippen LogP contribution is 2.20. The van der Waals surface area contributed by atoms with E-state index in [9.17, 15) is 9.18 Å². The third-order valence-electron chi connectivity index (χ3n) is 3.61. The second-order valence-corrected chi connectivity index (χ2v) is 4.99. The summed E-state index contributed by atoms with van der Waals surface area (Å²) in [5, 5.41) is 3.24. The monoisotopic (exact) mass is 316 g/mol. The van der Waals surface area contributed by atoms with Gasteiger partial charge in [0.05, 0.1) is 12.7 Å². The number of amides is 1. The molecule has 6 heteroatoms. The molecule has 1 aliphatic heterocycles. The van der Waals surface area contributed by atoms with Crippen LogP contribution in [0.2, 0.25) is 0 Å². The Bertz CT molecular complexity index is 479. The first kappa shape index (κ1) is 17.7. The van der Waals surface area contributed by atoms with Crippen molar-refractivity contribution in [2.75, 3.05) is 26.7 Å². The lowest BCUT2D eigenvalue weighted by atomic mass is 10.1. The number of ether oxygens (including phenoxy) is 1. The molecular formula is C15H22ClFN2O2. The zero-order valence-electron chi connectivity index (χ0n) is 12.4. The number of hydrogen-bond acceptors (Lipinski definition) is 3. The van der Waals surface area contributed by atoms with Crippen molar-refractivity contribution < 1.29 is 13.9 Å². The van der Waals surface area contributed by atoms with Crippen LogP contribution in [-0.2, 0) is 0 Å². The maximum atomic E-state index is 14.0. The van der Waals surface area contributed by atoms with Crippen molar-refractivity contribution in [3.8, 4) is 5.75 Å². The van der Waals surface area contributed by atoms with Crippen LogP contribution in [0.5, 0.6) is 5.75 Å². The molecule has 1 saturated heterocycles. The van der Waals surface area contributed by atoms with E-state index in [-0.39, 0.29) is 29.9 Å². The normalized spacial score (nSPS) is 17.2. The Labute approximate surface area is 131 Å². The molecule has 21 heavy (non-hydrogen) atoms. The van der Waals surface area contributed by atoms with Gasteiger partial charge in [-0.25, -0.2) is 4.39 Å². The van der Waals surface area contributed by atoms with Crippen molar-refractivity contribution in [3.63, 3.8) is 0 Å². The molecule has 2 rings (SSSR count). The molecule has 1 aliphatic rings. The zero-order valence-corrected chi connectivity index (χ0v) is 13.2. The summed E-state index contributed by atoms with van der Waals surface area (Å²) in [6.07, 6.45) is 1.78. The lowest BCUT2D eigenvalue weighted by molar-refractivity contribution is 0.0687. The van der Waals surface area contributed by atoms with Crippen LogP contribution in [0.4, 0.5) is 4.39 Å². The van der Waals surface area contributed by atoms with E-state index < -0.39 is 5.82 Å². The fourth-order valence-electron chi connectivity index (χ4n) is 2.55. The van der Waals surface area contributed by atoms with Crippen molar-refractivity contribution in [3.05, 3.63) is 29.6 Å². The van der Waals surface area contributed by atoms with Crippen LogP contribution in [0.25, 0.3) is 0 Å². The molecule has 0 aliphatic carbocycles. The SMILES string of the molecule is CCCN(C(=O)c1ccc(OC)cc1F)C1CCNC1.Cl. The molecule has 1 amide bonds. The number of rotatable bonds is 5. The Kier molecular flexibility index (Phi) is 6.92. The molecule has 1 unspecified atom stereocenters. The second kappa shape index (κ2) is 8.20. The van der Waals surface area contributed by atoms with E-state index in [1.807, 2.05) is 6.92 Å². The topological polar surface area (TPSA) is 41.6 Å². The number of carbonyl (C=O) groups excluding carboxylic acids is 1. The number of hydrogen-bond donors (Lipinski definition) is 1. The van der Waals surface area contributed by atoms with Crippen LogP contribution in [0, 0.1) is 5.82 Å². The minimum atomic E-state index is -0.526. The quantitative estimate of drug-likeness (QED) is 0.907. The summed E-state index contributed by atoms with van der Waals surface area (Å²) in [4.78, 5) is 14.3. The maximum absolute atomic E-state index is 14.0. The number of benzene rings is 1. The van der Waals surface area contributed by atoms with Crippen LogP contribution < -0.4 is 10.1 Å². The van der Waals surface area contributed by atoms with Crippen molar-refractivity contribution in [1.82, 2.24) is 10.2 Å². The molecule has 4 nitrogen and oxygen atoms in total. The number of halogens is 2. The molecule has 0 saturated carbocycles. The summed E-state index contributed by atoms with van der Waals surface area (Å²) >= 11 is 0. The fraction of sp³-hybridized carbons (Fsp3) is 0.533. The summed E-state index contributed by atoms with van der Waals surface area (Å²) in [6, 6.07) is 4.53. The molecule has 1 atom stereocenters. The average molecular weight is 317 g/mol. The molecule has 1 aromatic rings. The highest BCUT2D eigenvalue weighted by Gasteiger charge is 2.28. The Balaban J connectivity index is 0.00000220. The molecule has 1 heterocycles. The van der Waals surface area contributed by atoms with Crippen molar-refractivity contribution in [2.24, 2.45) is 0 Å². The van der Waals surface area contributed by atoms with Gasteiger partial charge < -0.3 is 15.0 Å². The van der Waals surface area contributed by atoms with Crippen molar-refractivity contribution in [1.29, 1.82) is 0 Å². The Morgan fingerprint density at radius 2 is 2.29 bits per heavy atom. The molecular weight excluding hydrogens is 295 g/mol. The Morgan fingerprint density at radius 3 is 2.81 bits per heavy atom. The van der Waals surface area contributed by atoms with Crippen LogP contribution in [0.1, 0.15) is 30.1 Å². The first-order valence-corrected chi connectivity index (χ1v) is 7.02. The molecule has 0 spiro atoms. The van der Waals surface area contributed by atoms with Gasteiger partial charge >= 0.3 is 0 Å². The molecule has 0 aromatic heterocycles. The molecule has 0 bridgehead atoms. The minimum Gasteiger partial charge on any atom is -0.497 e. The summed E-state index contributed by atoms with van der Waals surface area (Å²) in [7, 11) is 1.48. The number of nitrogens with one attached hydrogen (secondary N) is 1. The molecule has 1 aromatic carbocycles. The smallest absolute Gasteiger partial charge is 0.257 e. The Morgan fingerprint density at radius 1 is 1.52 bits per heavy atom. The fourth-order valence-corrected chi connectivity index (χ4v) is 2.55. The number of methoxy groups -OCH3 is 1. The van der Waals surface area contributed by atoms with E-state index in [4.69, 9.17) is 4.74 Å². The highest BCUT2D eigenvalue weighted by atomic mass is 35.5. The van der Waals surface area contributed by atoms with Gasteiger partial charge in [0.25, 0.3) is 5.91 Å². The van der Waals surface area contributed by atoms with Crippen molar-refractivity contribution in [2.45, 2.75) is 25.8 Å². The summed E-state index contributed by atoms with van der Waals surface area (Å²) in [5.41, 5.74) is 0.117. The van der Waals surface area contributed by atoms with E-state index in [1.165, 1.54) is 19.2 Å². The Hall–Kier alpha value is -1.33. The summed E-state index contributed by atoms with van der Waals surface area (Å²) in [5.74, 6) is -0.342. The summed E-state index contributed by atoms with van der Waals surface area (Å²) < 4.78 is 19.0. The average Bonchev–Trinajstić information content (AvgIpc) is 2.97. The van der Waals surface area contributed by atoms with E-state index in [1.54, 1.807) is 11.0 Å². The number of nitrogens with zero attached hydrogens (tertiary/aromatic N) is 1. The largest absolute Gasteiger partial charge is 0.497 e.